The zero-order chi connectivity index (χ0) is 19.8. The van der Waals surface area contributed by atoms with Crippen molar-refractivity contribution < 1.29 is 14.2 Å². The molecule has 7 nitrogen and oxygen atoms in total. The van der Waals surface area contributed by atoms with Gasteiger partial charge in [0.05, 0.1) is 20.8 Å². The van der Waals surface area contributed by atoms with Crippen molar-refractivity contribution in [2.75, 3.05) is 19.5 Å². The van der Waals surface area contributed by atoms with Gasteiger partial charge >= 0.3 is 0 Å². The molecule has 0 fully saturated rings. The molecule has 8 heteroatoms. The molecule has 2 aromatic carbocycles. The Labute approximate surface area is 186 Å². The van der Waals surface area contributed by atoms with E-state index in [-0.39, 0.29) is 24.0 Å². The lowest BCUT2D eigenvalue weighted by atomic mass is 10.3. The number of nitrogens with one attached hydrogen (secondary N) is 1. The van der Waals surface area contributed by atoms with Crippen LogP contribution in [0.1, 0.15) is 5.56 Å². The van der Waals surface area contributed by atoms with Crippen LogP contribution in [0.5, 0.6) is 23.1 Å². The lowest BCUT2D eigenvalue weighted by molar-refractivity contribution is 0.407. The first-order chi connectivity index (χ1) is 13.7. The number of rotatable bonds is 7. The number of aromatic nitrogens is 1. The number of nitrogens with two attached hydrogens (primary N) is 1. The number of anilines is 1. The van der Waals surface area contributed by atoms with Crippen molar-refractivity contribution in [1.82, 2.24) is 4.98 Å². The smallest absolute Gasteiger partial charge is 0.219 e. The number of guanidine groups is 1. The molecule has 1 aromatic heterocycles. The number of pyridine rings is 1. The van der Waals surface area contributed by atoms with Crippen LogP contribution < -0.4 is 25.3 Å². The number of halogens is 1. The highest BCUT2D eigenvalue weighted by Crippen LogP contribution is 2.23. The molecule has 3 aromatic rings. The second kappa shape index (κ2) is 11.1. The summed E-state index contributed by atoms with van der Waals surface area (Å²) in [5.41, 5.74) is 7.68. The van der Waals surface area contributed by atoms with Crippen LogP contribution in [0.4, 0.5) is 5.69 Å². The summed E-state index contributed by atoms with van der Waals surface area (Å²) in [7, 11) is 3.24. The van der Waals surface area contributed by atoms with E-state index >= 15 is 0 Å². The zero-order valence-corrected chi connectivity index (χ0v) is 18.5. The summed E-state index contributed by atoms with van der Waals surface area (Å²) in [6, 6.07) is 18.5. The monoisotopic (exact) mass is 506 g/mol. The first-order valence-electron chi connectivity index (χ1n) is 8.64. The zero-order valence-electron chi connectivity index (χ0n) is 16.2. The van der Waals surface area contributed by atoms with E-state index in [1.807, 2.05) is 48.5 Å². The van der Waals surface area contributed by atoms with E-state index in [1.165, 1.54) is 0 Å². The average molecular weight is 506 g/mol. The highest BCUT2D eigenvalue weighted by Gasteiger charge is 2.02. The molecule has 0 bridgehead atoms. The summed E-state index contributed by atoms with van der Waals surface area (Å²) in [6.07, 6.45) is 1.71. The van der Waals surface area contributed by atoms with Crippen LogP contribution in [-0.4, -0.2) is 25.2 Å². The Kier molecular flexibility index (Phi) is 8.53. The quantitative estimate of drug-likeness (QED) is 0.280. The Morgan fingerprint density at radius 1 is 0.966 bits per heavy atom. The maximum absolute atomic E-state index is 5.93. The molecule has 0 saturated heterocycles. The number of nitrogens with zero attached hydrogens (tertiary/aromatic N) is 2. The van der Waals surface area contributed by atoms with E-state index in [4.69, 9.17) is 19.9 Å². The summed E-state index contributed by atoms with van der Waals surface area (Å²) < 4.78 is 16.0. The van der Waals surface area contributed by atoms with Crippen LogP contribution in [0.2, 0.25) is 0 Å². The summed E-state index contributed by atoms with van der Waals surface area (Å²) in [5, 5.41) is 3.03. The maximum atomic E-state index is 5.93. The van der Waals surface area contributed by atoms with Crippen LogP contribution in [0.3, 0.4) is 0 Å². The third kappa shape index (κ3) is 6.83. The van der Waals surface area contributed by atoms with Crippen LogP contribution in [-0.2, 0) is 6.54 Å². The SMILES string of the molecule is COc1ccc(NC(N)=NCc2ccc(Oc3cccc(OC)c3)nc2)cc1.I. The summed E-state index contributed by atoms with van der Waals surface area (Å²) in [6.45, 7) is 0.404. The molecule has 0 amide bonds. The summed E-state index contributed by atoms with van der Waals surface area (Å²) in [5.74, 6) is 2.98. The second-order valence-electron chi connectivity index (χ2n) is 5.84. The summed E-state index contributed by atoms with van der Waals surface area (Å²) in [4.78, 5) is 8.63. The highest BCUT2D eigenvalue weighted by atomic mass is 127. The fourth-order valence-corrected chi connectivity index (χ4v) is 2.39. The van der Waals surface area contributed by atoms with E-state index in [2.05, 4.69) is 15.3 Å². The van der Waals surface area contributed by atoms with Crippen molar-refractivity contribution in [2.24, 2.45) is 10.7 Å². The number of ether oxygens (including phenoxy) is 3. The van der Waals surface area contributed by atoms with Crippen molar-refractivity contribution in [3.05, 3.63) is 72.4 Å². The Bertz CT molecular complexity index is 931. The topological polar surface area (TPSA) is 91.0 Å². The molecule has 152 valence electrons. The van der Waals surface area contributed by atoms with E-state index in [9.17, 15) is 0 Å². The summed E-state index contributed by atoms with van der Waals surface area (Å²) >= 11 is 0. The number of hydrogen-bond acceptors (Lipinski definition) is 5. The Hall–Kier alpha value is -3.01. The van der Waals surface area contributed by atoms with E-state index in [0.717, 1.165) is 22.7 Å². The van der Waals surface area contributed by atoms with Crippen molar-refractivity contribution >= 4 is 35.6 Å². The van der Waals surface area contributed by atoms with Gasteiger partial charge in [-0.05, 0) is 42.0 Å². The molecule has 0 aliphatic rings. The Balaban J connectivity index is 0.00000300. The molecular weight excluding hydrogens is 483 g/mol. The van der Waals surface area contributed by atoms with Crippen molar-refractivity contribution in [2.45, 2.75) is 6.54 Å². The largest absolute Gasteiger partial charge is 0.497 e. The standard InChI is InChI=1S/C21H22N4O3.HI/c1-26-17-9-7-16(8-10-17)25-21(22)24-14-15-6-11-20(23-13-15)28-19-5-3-4-18(12-19)27-2;/h3-13H,14H2,1-2H3,(H3,22,24,25);1H. The number of aliphatic imine (C=N–C) groups is 1. The number of methoxy groups -OCH3 is 2. The van der Waals surface area contributed by atoms with Gasteiger partial charge in [0.15, 0.2) is 5.96 Å². The molecule has 0 saturated carbocycles. The molecule has 3 N–H and O–H groups in total. The van der Waals surface area contributed by atoms with Gasteiger partial charge in [-0.2, -0.15) is 0 Å². The number of benzene rings is 2. The van der Waals surface area contributed by atoms with Crippen LogP contribution in [0.15, 0.2) is 71.9 Å². The van der Waals surface area contributed by atoms with Gasteiger partial charge in [-0.3, -0.25) is 0 Å². The fraction of sp³-hybridized carbons (Fsp3) is 0.143. The second-order valence-corrected chi connectivity index (χ2v) is 5.84. The van der Waals surface area contributed by atoms with Crippen LogP contribution in [0.25, 0.3) is 0 Å². The third-order valence-electron chi connectivity index (χ3n) is 3.86. The minimum absolute atomic E-state index is 0. The normalized spacial score (nSPS) is 10.6. The minimum Gasteiger partial charge on any atom is -0.497 e. The molecule has 29 heavy (non-hydrogen) atoms. The highest BCUT2D eigenvalue weighted by molar-refractivity contribution is 14.0. The van der Waals surface area contributed by atoms with Crippen molar-refractivity contribution in [1.29, 1.82) is 0 Å². The fourth-order valence-electron chi connectivity index (χ4n) is 2.39. The minimum atomic E-state index is 0. The van der Waals surface area contributed by atoms with E-state index in [0.29, 0.717) is 24.1 Å². The van der Waals surface area contributed by atoms with Crippen molar-refractivity contribution in [3.8, 4) is 23.1 Å². The van der Waals surface area contributed by atoms with Crippen LogP contribution >= 0.6 is 24.0 Å². The predicted molar refractivity (Wildman–Crippen MR) is 125 cm³/mol. The van der Waals surface area contributed by atoms with E-state index in [1.54, 1.807) is 32.5 Å². The lowest BCUT2D eigenvalue weighted by Gasteiger charge is -2.08. The van der Waals surface area contributed by atoms with Gasteiger partial charge in [-0.1, -0.05) is 12.1 Å². The Morgan fingerprint density at radius 3 is 2.34 bits per heavy atom. The molecule has 0 unspecified atom stereocenters. The Morgan fingerprint density at radius 2 is 1.69 bits per heavy atom. The first-order valence-corrected chi connectivity index (χ1v) is 8.64. The van der Waals surface area contributed by atoms with E-state index < -0.39 is 0 Å². The van der Waals surface area contributed by atoms with Gasteiger partial charge in [-0.15, -0.1) is 24.0 Å². The molecule has 0 atom stereocenters. The van der Waals surface area contributed by atoms with Gasteiger partial charge in [0.1, 0.15) is 17.2 Å². The lowest BCUT2D eigenvalue weighted by Crippen LogP contribution is -2.22. The third-order valence-corrected chi connectivity index (χ3v) is 3.86. The number of hydrogen-bond donors (Lipinski definition) is 2. The molecule has 1 heterocycles. The van der Waals surface area contributed by atoms with Gasteiger partial charge in [0, 0.05) is 24.0 Å². The first kappa shape index (κ1) is 22.3. The molecule has 0 radical (unpaired) electrons. The van der Waals surface area contributed by atoms with Gasteiger partial charge in [0.25, 0.3) is 0 Å². The molecule has 3 rings (SSSR count). The van der Waals surface area contributed by atoms with Gasteiger partial charge < -0.3 is 25.3 Å². The predicted octanol–water partition coefficient (Wildman–Crippen LogP) is 4.44. The molecule has 0 aliphatic carbocycles. The van der Waals surface area contributed by atoms with Crippen molar-refractivity contribution in [3.63, 3.8) is 0 Å². The van der Waals surface area contributed by atoms with Crippen LogP contribution in [0, 0.1) is 0 Å². The average Bonchev–Trinajstić information content (AvgIpc) is 2.74. The molecule has 0 spiro atoms. The molecular formula is C21H23IN4O3. The molecule has 0 aliphatic heterocycles. The van der Waals surface area contributed by atoms with Gasteiger partial charge in [0.2, 0.25) is 5.88 Å². The maximum Gasteiger partial charge on any atom is 0.219 e. The van der Waals surface area contributed by atoms with Gasteiger partial charge in [-0.25, -0.2) is 9.98 Å².